The average molecular weight is 249 g/mol. The van der Waals surface area contributed by atoms with E-state index >= 15 is 0 Å². The number of carbonyl (C=O) groups is 3. The quantitative estimate of drug-likeness (QED) is 0.842. The van der Waals surface area contributed by atoms with Gasteiger partial charge in [0.2, 0.25) is 0 Å². The monoisotopic (exact) mass is 249 g/mol. The minimum atomic E-state index is -1.20. The lowest BCUT2D eigenvalue weighted by atomic mass is 10.2. The van der Waals surface area contributed by atoms with Gasteiger partial charge in [-0.05, 0) is 12.1 Å². The van der Waals surface area contributed by atoms with Crippen LogP contribution in [0, 0.1) is 0 Å². The Bertz CT molecular complexity index is 485. The molecule has 1 heterocycles. The number of nitrogens with zero attached hydrogens (tertiary/aromatic N) is 1. The fourth-order valence-corrected chi connectivity index (χ4v) is 1.75. The van der Waals surface area contributed by atoms with Crippen LogP contribution in [0.4, 0.5) is 4.79 Å². The van der Waals surface area contributed by atoms with E-state index in [0.717, 1.165) is 4.90 Å². The maximum atomic E-state index is 11.8. The third kappa shape index (κ3) is 2.48. The second kappa shape index (κ2) is 4.87. The van der Waals surface area contributed by atoms with Crippen LogP contribution in [0.1, 0.15) is 6.42 Å². The number of hydrogen-bond donors (Lipinski definition) is 1. The molecule has 1 saturated heterocycles. The predicted octanol–water partition coefficient (Wildman–Crippen LogP) is 0.913. The van der Waals surface area contributed by atoms with Crippen molar-refractivity contribution in [3.8, 4) is 5.75 Å². The van der Waals surface area contributed by atoms with Crippen molar-refractivity contribution in [1.29, 1.82) is 0 Å². The van der Waals surface area contributed by atoms with E-state index in [1.807, 2.05) is 0 Å². The summed E-state index contributed by atoms with van der Waals surface area (Å²) in [6.45, 7) is -0.220. The smallest absolute Gasteiger partial charge is 0.416 e. The molecule has 0 radical (unpaired) electrons. The molecular weight excluding hydrogens is 238 g/mol. The van der Waals surface area contributed by atoms with Crippen molar-refractivity contribution in [3.63, 3.8) is 0 Å². The normalized spacial score (nSPS) is 18.8. The molecule has 0 unspecified atom stereocenters. The molecule has 0 aromatic heterocycles. The minimum absolute atomic E-state index is 0.167. The summed E-state index contributed by atoms with van der Waals surface area (Å²) < 4.78 is 5.00. The Labute approximate surface area is 103 Å². The van der Waals surface area contributed by atoms with Crippen molar-refractivity contribution in [2.45, 2.75) is 12.5 Å². The number of benzene rings is 1. The Hall–Kier alpha value is -2.37. The lowest BCUT2D eigenvalue weighted by Crippen LogP contribution is -2.42. The van der Waals surface area contributed by atoms with Crippen molar-refractivity contribution in [1.82, 2.24) is 4.90 Å². The molecule has 1 fully saturated rings. The van der Waals surface area contributed by atoms with Crippen LogP contribution in [-0.2, 0) is 9.59 Å². The van der Waals surface area contributed by atoms with Gasteiger partial charge in [-0.3, -0.25) is 9.69 Å². The van der Waals surface area contributed by atoms with Gasteiger partial charge in [0, 0.05) is 6.42 Å². The van der Waals surface area contributed by atoms with Gasteiger partial charge in [-0.25, -0.2) is 9.59 Å². The molecule has 1 aliphatic rings. The van der Waals surface area contributed by atoms with Crippen molar-refractivity contribution < 1.29 is 24.2 Å². The minimum Gasteiger partial charge on any atom is -0.480 e. The Morgan fingerprint density at radius 2 is 1.94 bits per heavy atom. The largest absolute Gasteiger partial charge is 0.480 e. The first-order chi connectivity index (χ1) is 8.58. The molecule has 6 nitrogen and oxygen atoms in total. The van der Waals surface area contributed by atoms with Crippen molar-refractivity contribution >= 4 is 17.8 Å². The van der Waals surface area contributed by atoms with Crippen LogP contribution in [0.15, 0.2) is 30.3 Å². The number of hydrogen-bond acceptors (Lipinski definition) is 4. The number of amides is 1. The highest BCUT2D eigenvalue weighted by atomic mass is 16.6. The van der Waals surface area contributed by atoms with Crippen LogP contribution in [0.25, 0.3) is 0 Å². The number of Topliss-reactive ketones (excluding diaryl/α,β-unsaturated/α-hetero) is 1. The fourth-order valence-electron chi connectivity index (χ4n) is 1.75. The summed E-state index contributed by atoms with van der Waals surface area (Å²) in [5, 5.41) is 8.91. The molecule has 2 rings (SSSR count). The van der Waals surface area contributed by atoms with Gasteiger partial charge in [0.05, 0.1) is 6.54 Å². The van der Waals surface area contributed by atoms with Gasteiger partial charge in [0.1, 0.15) is 11.8 Å². The van der Waals surface area contributed by atoms with E-state index in [1.165, 1.54) is 0 Å². The van der Waals surface area contributed by atoms with Gasteiger partial charge in [0.25, 0.3) is 0 Å². The number of para-hydroxylation sites is 1. The summed E-state index contributed by atoms with van der Waals surface area (Å²) in [7, 11) is 0. The van der Waals surface area contributed by atoms with Gasteiger partial charge in [0.15, 0.2) is 5.78 Å². The Kier molecular flexibility index (Phi) is 3.27. The standard InChI is InChI=1S/C12H11NO5/c14-8-6-10(11(15)16)13(7-8)12(17)18-9-4-2-1-3-5-9/h1-5,10H,6-7H2,(H,15,16)/t10-/m0/s1. The van der Waals surface area contributed by atoms with E-state index in [9.17, 15) is 14.4 Å². The van der Waals surface area contributed by atoms with Crippen LogP contribution in [0.2, 0.25) is 0 Å². The summed E-state index contributed by atoms with van der Waals surface area (Å²) in [4.78, 5) is 34.8. The Balaban J connectivity index is 2.09. The van der Waals surface area contributed by atoms with Crippen LogP contribution in [0.3, 0.4) is 0 Å². The van der Waals surface area contributed by atoms with Gasteiger partial charge < -0.3 is 9.84 Å². The number of carboxylic acids is 1. The number of likely N-dealkylation sites (tertiary alicyclic amines) is 1. The highest BCUT2D eigenvalue weighted by Gasteiger charge is 2.39. The summed E-state index contributed by atoms with van der Waals surface area (Å²) in [6.07, 6.45) is -0.987. The topological polar surface area (TPSA) is 83.9 Å². The highest BCUT2D eigenvalue weighted by molar-refractivity contribution is 5.95. The Morgan fingerprint density at radius 3 is 2.56 bits per heavy atom. The van der Waals surface area contributed by atoms with E-state index in [4.69, 9.17) is 9.84 Å². The summed E-state index contributed by atoms with van der Waals surface area (Å²) in [5.74, 6) is -1.18. The number of carbonyl (C=O) groups excluding carboxylic acids is 2. The lowest BCUT2D eigenvalue weighted by Gasteiger charge is -2.19. The molecule has 0 saturated carbocycles. The third-order valence-electron chi connectivity index (χ3n) is 2.61. The molecule has 1 N–H and O–H groups in total. The Morgan fingerprint density at radius 1 is 1.28 bits per heavy atom. The van der Waals surface area contributed by atoms with E-state index in [-0.39, 0.29) is 18.7 Å². The van der Waals surface area contributed by atoms with Crippen molar-refractivity contribution in [2.75, 3.05) is 6.54 Å². The van der Waals surface area contributed by atoms with Gasteiger partial charge in [-0.1, -0.05) is 18.2 Å². The SMILES string of the molecule is O=C1C[C@@H](C(=O)O)N(C(=O)Oc2ccccc2)C1. The van der Waals surface area contributed by atoms with Crippen LogP contribution < -0.4 is 4.74 Å². The zero-order valence-electron chi connectivity index (χ0n) is 9.41. The first-order valence-electron chi connectivity index (χ1n) is 5.36. The maximum absolute atomic E-state index is 11.8. The molecule has 0 aliphatic carbocycles. The highest BCUT2D eigenvalue weighted by Crippen LogP contribution is 2.18. The van der Waals surface area contributed by atoms with E-state index in [1.54, 1.807) is 30.3 Å². The molecule has 6 heteroatoms. The molecule has 1 aromatic carbocycles. The van der Waals surface area contributed by atoms with Crippen LogP contribution in [-0.4, -0.2) is 40.4 Å². The molecule has 1 atom stereocenters. The zero-order chi connectivity index (χ0) is 13.1. The van der Waals surface area contributed by atoms with Gasteiger partial charge in [-0.15, -0.1) is 0 Å². The molecule has 1 amide bonds. The predicted molar refractivity (Wildman–Crippen MR) is 60.2 cm³/mol. The zero-order valence-corrected chi connectivity index (χ0v) is 9.41. The third-order valence-corrected chi connectivity index (χ3v) is 2.61. The number of ketones is 1. The average Bonchev–Trinajstić information content (AvgIpc) is 2.73. The second-order valence-electron chi connectivity index (χ2n) is 3.91. The first-order valence-corrected chi connectivity index (χ1v) is 5.36. The number of rotatable bonds is 2. The number of ether oxygens (including phenoxy) is 1. The van der Waals surface area contributed by atoms with E-state index in [0.29, 0.717) is 5.75 Å². The van der Waals surface area contributed by atoms with E-state index in [2.05, 4.69) is 0 Å². The van der Waals surface area contributed by atoms with Crippen LogP contribution >= 0.6 is 0 Å². The molecular formula is C12H11NO5. The maximum Gasteiger partial charge on any atom is 0.416 e. The summed E-state index contributed by atoms with van der Waals surface area (Å²) in [6, 6.07) is 7.15. The molecule has 1 aliphatic heterocycles. The molecule has 1 aromatic rings. The van der Waals surface area contributed by atoms with Crippen molar-refractivity contribution in [3.05, 3.63) is 30.3 Å². The van der Waals surface area contributed by atoms with Crippen LogP contribution in [0.5, 0.6) is 5.75 Å². The summed E-state index contributed by atoms with van der Waals surface area (Å²) in [5.41, 5.74) is 0. The lowest BCUT2D eigenvalue weighted by molar-refractivity contribution is -0.141. The molecule has 18 heavy (non-hydrogen) atoms. The molecule has 0 bridgehead atoms. The number of carboxylic acid groups (broad SMARTS) is 1. The summed E-state index contributed by atoms with van der Waals surface area (Å²) >= 11 is 0. The second-order valence-corrected chi connectivity index (χ2v) is 3.91. The van der Waals surface area contributed by atoms with Crippen molar-refractivity contribution in [2.24, 2.45) is 0 Å². The van der Waals surface area contributed by atoms with E-state index < -0.39 is 18.1 Å². The number of aliphatic carboxylic acids is 1. The molecule has 94 valence electrons. The molecule has 0 spiro atoms. The van der Waals surface area contributed by atoms with Gasteiger partial charge in [-0.2, -0.15) is 0 Å². The van der Waals surface area contributed by atoms with Gasteiger partial charge >= 0.3 is 12.1 Å². The first kappa shape index (κ1) is 12.1. The fraction of sp³-hybridized carbons (Fsp3) is 0.250.